The molecule has 86 valence electrons. The first kappa shape index (κ1) is 11.0. The van der Waals surface area contributed by atoms with Crippen LogP contribution in [0, 0.1) is 0 Å². The first-order valence-electron chi connectivity index (χ1n) is 5.42. The van der Waals surface area contributed by atoms with Crippen molar-refractivity contribution in [3.05, 3.63) is 30.3 Å². The minimum Gasteiger partial charge on any atom is -0.410 e. The highest BCUT2D eigenvalue weighted by molar-refractivity contribution is 5.70. The molecule has 1 aliphatic rings. The van der Waals surface area contributed by atoms with Gasteiger partial charge in [-0.2, -0.15) is 0 Å². The highest BCUT2D eigenvalue weighted by Crippen LogP contribution is 2.14. The van der Waals surface area contributed by atoms with E-state index in [-0.39, 0.29) is 12.3 Å². The van der Waals surface area contributed by atoms with Crippen LogP contribution in [0.2, 0.25) is 0 Å². The summed E-state index contributed by atoms with van der Waals surface area (Å²) >= 11 is 0. The SMILES string of the molecule is CC1OCCCN1C(=O)Oc1ccccc1. The molecule has 1 atom stereocenters. The first-order valence-corrected chi connectivity index (χ1v) is 5.42. The fraction of sp³-hybridized carbons (Fsp3) is 0.417. The maximum atomic E-state index is 11.8. The second kappa shape index (κ2) is 4.99. The third-order valence-corrected chi connectivity index (χ3v) is 2.52. The molecule has 0 radical (unpaired) electrons. The van der Waals surface area contributed by atoms with E-state index in [0.29, 0.717) is 18.9 Å². The van der Waals surface area contributed by atoms with Crippen molar-refractivity contribution in [1.82, 2.24) is 4.90 Å². The van der Waals surface area contributed by atoms with E-state index in [1.54, 1.807) is 17.0 Å². The van der Waals surface area contributed by atoms with Gasteiger partial charge in [0.2, 0.25) is 0 Å². The number of para-hydroxylation sites is 1. The minimum atomic E-state index is -0.349. The van der Waals surface area contributed by atoms with Gasteiger partial charge in [0.25, 0.3) is 0 Å². The topological polar surface area (TPSA) is 38.8 Å². The maximum Gasteiger partial charge on any atom is 0.417 e. The maximum absolute atomic E-state index is 11.8. The summed E-state index contributed by atoms with van der Waals surface area (Å²) in [5, 5.41) is 0. The molecule has 1 heterocycles. The lowest BCUT2D eigenvalue weighted by atomic mass is 10.3. The fourth-order valence-corrected chi connectivity index (χ4v) is 1.65. The van der Waals surface area contributed by atoms with E-state index in [1.807, 2.05) is 25.1 Å². The Bertz CT molecular complexity index is 353. The Morgan fingerprint density at radius 1 is 1.44 bits per heavy atom. The molecule has 16 heavy (non-hydrogen) atoms. The smallest absolute Gasteiger partial charge is 0.410 e. The van der Waals surface area contributed by atoms with Gasteiger partial charge < -0.3 is 9.47 Å². The lowest BCUT2D eigenvalue weighted by molar-refractivity contribution is -0.0676. The van der Waals surface area contributed by atoms with Crippen molar-refractivity contribution in [1.29, 1.82) is 0 Å². The standard InChI is InChI=1S/C12H15NO3/c1-10-13(8-5-9-15-10)12(14)16-11-6-3-2-4-7-11/h2-4,6-7,10H,5,8-9H2,1H3. The predicted molar refractivity (Wildman–Crippen MR) is 59.2 cm³/mol. The van der Waals surface area contributed by atoms with Crippen molar-refractivity contribution in [2.75, 3.05) is 13.2 Å². The molecule has 1 aliphatic heterocycles. The average Bonchev–Trinajstić information content (AvgIpc) is 2.31. The molecule has 0 spiro atoms. The van der Waals surface area contributed by atoms with Crippen LogP contribution in [-0.4, -0.2) is 30.4 Å². The van der Waals surface area contributed by atoms with E-state index in [0.717, 1.165) is 6.42 Å². The van der Waals surface area contributed by atoms with Gasteiger partial charge in [0.05, 0.1) is 6.61 Å². The third kappa shape index (κ3) is 2.52. The normalized spacial score (nSPS) is 20.6. The number of ether oxygens (including phenoxy) is 2. The van der Waals surface area contributed by atoms with Gasteiger partial charge in [-0.05, 0) is 25.5 Å². The summed E-state index contributed by atoms with van der Waals surface area (Å²) in [7, 11) is 0. The van der Waals surface area contributed by atoms with Crippen molar-refractivity contribution in [2.24, 2.45) is 0 Å². The average molecular weight is 221 g/mol. The van der Waals surface area contributed by atoms with Crippen LogP contribution in [0.3, 0.4) is 0 Å². The second-order valence-corrected chi connectivity index (χ2v) is 3.70. The summed E-state index contributed by atoms with van der Waals surface area (Å²) in [6.07, 6.45) is 0.303. The van der Waals surface area contributed by atoms with E-state index in [9.17, 15) is 4.79 Å². The largest absolute Gasteiger partial charge is 0.417 e. The molecule has 0 aliphatic carbocycles. The summed E-state index contributed by atoms with van der Waals surface area (Å²) in [6, 6.07) is 9.06. The van der Waals surface area contributed by atoms with E-state index < -0.39 is 0 Å². The van der Waals surface area contributed by atoms with Gasteiger partial charge in [-0.25, -0.2) is 4.79 Å². The molecule has 1 aromatic rings. The van der Waals surface area contributed by atoms with Crippen molar-refractivity contribution in [3.8, 4) is 5.75 Å². The molecule has 1 fully saturated rings. The summed E-state index contributed by atoms with van der Waals surface area (Å²) in [5.74, 6) is 0.560. The molecule has 4 heteroatoms. The van der Waals surface area contributed by atoms with Crippen LogP contribution in [0.5, 0.6) is 5.75 Å². The van der Waals surface area contributed by atoms with Crippen molar-refractivity contribution in [3.63, 3.8) is 0 Å². The number of hydrogen-bond acceptors (Lipinski definition) is 3. The zero-order valence-electron chi connectivity index (χ0n) is 9.26. The number of carbonyl (C=O) groups excluding carboxylic acids is 1. The Kier molecular flexibility index (Phi) is 3.41. The molecule has 4 nitrogen and oxygen atoms in total. The monoisotopic (exact) mass is 221 g/mol. The van der Waals surface area contributed by atoms with Crippen LogP contribution < -0.4 is 4.74 Å². The molecule has 0 N–H and O–H groups in total. The predicted octanol–water partition coefficient (Wildman–Crippen LogP) is 2.25. The summed E-state index contributed by atoms with van der Waals surface area (Å²) in [5.41, 5.74) is 0. The third-order valence-electron chi connectivity index (χ3n) is 2.52. The minimum absolute atomic E-state index is 0.204. The van der Waals surface area contributed by atoms with Gasteiger partial charge in [0, 0.05) is 6.54 Å². The van der Waals surface area contributed by atoms with Gasteiger partial charge in [0.1, 0.15) is 12.0 Å². The van der Waals surface area contributed by atoms with Crippen LogP contribution in [-0.2, 0) is 4.74 Å². The van der Waals surface area contributed by atoms with Crippen LogP contribution in [0.1, 0.15) is 13.3 Å². The fourth-order valence-electron chi connectivity index (χ4n) is 1.65. The van der Waals surface area contributed by atoms with Gasteiger partial charge in [-0.1, -0.05) is 18.2 Å². The zero-order chi connectivity index (χ0) is 11.4. The molecule has 1 unspecified atom stereocenters. The van der Waals surface area contributed by atoms with Crippen molar-refractivity contribution >= 4 is 6.09 Å². The van der Waals surface area contributed by atoms with E-state index in [4.69, 9.17) is 9.47 Å². The number of carbonyl (C=O) groups is 1. The molecule has 0 bridgehead atoms. The molecular formula is C12H15NO3. The first-order chi connectivity index (χ1) is 7.77. The van der Waals surface area contributed by atoms with Crippen LogP contribution >= 0.6 is 0 Å². The summed E-state index contributed by atoms with van der Waals surface area (Å²) in [4.78, 5) is 13.4. The van der Waals surface area contributed by atoms with Crippen LogP contribution in [0.15, 0.2) is 30.3 Å². The van der Waals surface area contributed by atoms with E-state index >= 15 is 0 Å². The highest BCUT2D eigenvalue weighted by Gasteiger charge is 2.25. The Morgan fingerprint density at radius 3 is 2.88 bits per heavy atom. The quantitative estimate of drug-likeness (QED) is 0.730. The van der Waals surface area contributed by atoms with Gasteiger partial charge >= 0.3 is 6.09 Å². The molecular weight excluding hydrogens is 206 g/mol. The summed E-state index contributed by atoms with van der Waals surface area (Å²) < 4.78 is 10.6. The number of amides is 1. The number of rotatable bonds is 1. The Labute approximate surface area is 94.8 Å². The van der Waals surface area contributed by atoms with E-state index in [1.165, 1.54) is 0 Å². The zero-order valence-corrected chi connectivity index (χ0v) is 9.26. The van der Waals surface area contributed by atoms with Gasteiger partial charge in [-0.15, -0.1) is 0 Å². The van der Waals surface area contributed by atoms with Crippen LogP contribution in [0.4, 0.5) is 4.79 Å². The highest BCUT2D eigenvalue weighted by atomic mass is 16.6. The number of nitrogens with zero attached hydrogens (tertiary/aromatic N) is 1. The Hall–Kier alpha value is -1.55. The Balaban J connectivity index is 1.97. The number of hydrogen-bond donors (Lipinski definition) is 0. The summed E-state index contributed by atoms with van der Waals surface area (Å²) in [6.45, 7) is 3.24. The molecule has 0 saturated carbocycles. The Morgan fingerprint density at radius 2 is 2.19 bits per heavy atom. The van der Waals surface area contributed by atoms with E-state index in [2.05, 4.69) is 0 Å². The molecule has 1 aromatic carbocycles. The molecule has 1 amide bonds. The lowest BCUT2D eigenvalue weighted by Gasteiger charge is -2.32. The second-order valence-electron chi connectivity index (χ2n) is 3.70. The van der Waals surface area contributed by atoms with Crippen molar-refractivity contribution in [2.45, 2.75) is 19.6 Å². The van der Waals surface area contributed by atoms with Crippen molar-refractivity contribution < 1.29 is 14.3 Å². The lowest BCUT2D eigenvalue weighted by Crippen LogP contribution is -2.46. The molecule has 0 aromatic heterocycles. The van der Waals surface area contributed by atoms with Gasteiger partial charge in [0.15, 0.2) is 0 Å². The van der Waals surface area contributed by atoms with Gasteiger partial charge in [-0.3, -0.25) is 4.90 Å². The van der Waals surface area contributed by atoms with Crippen LogP contribution in [0.25, 0.3) is 0 Å². The molecule has 2 rings (SSSR count). The molecule has 1 saturated heterocycles. The number of benzene rings is 1.